The molecule has 0 amide bonds. The minimum absolute atomic E-state index is 0.0843. The number of benzene rings is 1. The maximum atomic E-state index is 9.06. The molecule has 0 aliphatic rings. The Kier molecular flexibility index (Phi) is 3.89. The number of aliphatic hydroxyl groups excluding tert-OH is 1. The molecule has 0 aliphatic carbocycles. The van der Waals surface area contributed by atoms with Gasteiger partial charge >= 0.3 is 0 Å². The Morgan fingerprint density at radius 1 is 1.22 bits per heavy atom. The zero-order valence-electron chi connectivity index (χ0n) is 10.7. The summed E-state index contributed by atoms with van der Waals surface area (Å²) in [6.07, 6.45) is 3.28. The highest BCUT2D eigenvalue weighted by atomic mass is 16.3. The molecule has 1 aromatic carbocycles. The summed E-state index contributed by atoms with van der Waals surface area (Å²) < 4.78 is 0. The first-order chi connectivity index (χ1) is 8.70. The average molecular weight is 243 g/mol. The van der Waals surface area contributed by atoms with E-state index in [1.54, 1.807) is 12.4 Å². The van der Waals surface area contributed by atoms with Crippen molar-refractivity contribution in [1.29, 1.82) is 0 Å². The molecule has 0 bridgehead atoms. The normalized spacial score (nSPS) is 10.4. The monoisotopic (exact) mass is 243 g/mol. The fraction of sp³-hybridized carbons (Fsp3) is 0.286. The molecule has 4 heteroatoms. The lowest BCUT2D eigenvalue weighted by atomic mass is 10.1. The third kappa shape index (κ3) is 2.84. The number of rotatable bonds is 4. The lowest BCUT2D eigenvalue weighted by molar-refractivity contribution is 0.276. The molecule has 1 N–H and O–H groups in total. The van der Waals surface area contributed by atoms with Crippen LogP contribution in [0.5, 0.6) is 0 Å². The third-order valence-electron chi connectivity index (χ3n) is 2.89. The Hall–Kier alpha value is -1.94. The molecule has 18 heavy (non-hydrogen) atoms. The number of nitrogens with zero attached hydrogens (tertiary/aromatic N) is 3. The molecule has 4 nitrogen and oxygen atoms in total. The van der Waals surface area contributed by atoms with Crippen LogP contribution in [0.4, 0.5) is 5.82 Å². The van der Waals surface area contributed by atoms with E-state index in [0.717, 1.165) is 12.4 Å². The summed E-state index contributed by atoms with van der Waals surface area (Å²) in [4.78, 5) is 10.4. The average Bonchev–Trinajstić information content (AvgIpc) is 2.41. The van der Waals surface area contributed by atoms with Gasteiger partial charge < -0.3 is 10.0 Å². The molecule has 0 saturated heterocycles. The quantitative estimate of drug-likeness (QED) is 0.891. The number of aryl methyl sites for hydroxylation is 1. The Labute approximate surface area is 107 Å². The molecular formula is C14H17N3O. The van der Waals surface area contributed by atoms with E-state index >= 15 is 0 Å². The molecule has 0 fully saturated rings. The molecule has 94 valence electrons. The van der Waals surface area contributed by atoms with Gasteiger partial charge in [0.15, 0.2) is 0 Å². The Morgan fingerprint density at radius 2 is 2.00 bits per heavy atom. The van der Waals surface area contributed by atoms with E-state index < -0.39 is 0 Å². The van der Waals surface area contributed by atoms with E-state index in [1.807, 2.05) is 24.1 Å². The van der Waals surface area contributed by atoms with Gasteiger partial charge in [-0.25, -0.2) is 4.98 Å². The SMILES string of the molecule is Cc1ccccc1CN(C)c1cncc(CO)n1. The minimum atomic E-state index is -0.0843. The van der Waals surface area contributed by atoms with Gasteiger partial charge in [-0.2, -0.15) is 0 Å². The zero-order valence-corrected chi connectivity index (χ0v) is 10.7. The number of anilines is 1. The zero-order chi connectivity index (χ0) is 13.0. The van der Waals surface area contributed by atoms with E-state index in [9.17, 15) is 0 Å². The third-order valence-corrected chi connectivity index (χ3v) is 2.89. The van der Waals surface area contributed by atoms with Crippen molar-refractivity contribution in [2.45, 2.75) is 20.1 Å². The number of aliphatic hydroxyl groups is 1. The van der Waals surface area contributed by atoms with Crippen molar-refractivity contribution in [3.8, 4) is 0 Å². The van der Waals surface area contributed by atoms with Gasteiger partial charge in [0.25, 0.3) is 0 Å². The molecule has 0 aliphatic heterocycles. The Morgan fingerprint density at radius 3 is 2.72 bits per heavy atom. The van der Waals surface area contributed by atoms with Crippen LogP contribution in [0.1, 0.15) is 16.8 Å². The molecule has 0 saturated carbocycles. The number of aromatic nitrogens is 2. The second kappa shape index (κ2) is 5.60. The predicted octanol–water partition coefficient (Wildman–Crippen LogP) is 1.91. The lowest BCUT2D eigenvalue weighted by Crippen LogP contribution is -2.19. The van der Waals surface area contributed by atoms with E-state index in [1.165, 1.54) is 11.1 Å². The minimum Gasteiger partial charge on any atom is -0.390 e. The van der Waals surface area contributed by atoms with Crippen LogP contribution in [0.3, 0.4) is 0 Å². The first-order valence-corrected chi connectivity index (χ1v) is 5.88. The number of hydrogen-bond acceptors (Lipinski definition) is 4. The highest BCUT2D eigenvalue weighted by Gasteiger charge is 2.06. The smallest absolute Gasteiger partial charge is 0.147 e. The van der Waals surface area contributed by atoms with Crippen molar-refractivity contribution < 1.29 is 5.11 Å². The van der Waals surface area contributed by atoms with Gasteiger partial charge in [0, 0.05) is 13.6 Å². The molecule has 2 rings (SSSR count). The summed E-state index contributed by atoms with van der Waals surface area (Å²) in [5.74, 6) is 0.768. The molecule has 0 unspecified atom stereocenters. The molecular weight excluding hydrogens is 226 g/mol. The van der Waals surface area contributed by atoms with Gasteiger partial charge in [0.1, 0.15) is 5.82 Å². The van der Waals surface area contributed by atoms with Crippen LogP contribution in [-0.2, 0) is 13.2 Å². The van der Waals surface area contributed by atoms with Crippen molar-refractivity contribution in [3.05, 3.63) is 53.5 Å². The van der Waals surface area contributed by atoms with Crippen molar-refractivity contribution in [3.63, 3.8) is 0 Å². The Balaban J connectivity index is 2.16. The molecule has 1 heterocycles. The van der Waals surface area contributed by atoms with Gasteiger partial charge in [-0.05, 0) is 18.1 Å². The number of hydrogen-bond donors (Lipinski definition) is 1. The van der Waals surface area contributed by atoms with Crippen LogP contribution in [0, 0.1) is 6.92 Å². The molecule has 2 aromatic rings. The molecule has 0 atom stereocenters. The summed E-state index contributed by atoms with van der Waals surface area (Å²) >= 11 is 0. The topological polar surface area (TPSA) is 49.2 Å². The van der Waals surface area contributed by atoms with E-state index in [0.29, 0.717) is 5.69 Å². The van der Waals surface area contributed by atoms with E-state index in [4.69, 9.17) is 5.11 Å². The van der Waals surface area contributed by atoms with Gasteiger partial charge in [0.05, 0.1) is 24.7 Å². The standard InChI is InChI=1S/C14H17N3O/c1-11-5-3-4-6-12(11)9-17(2)14-8-15-7-13(10-18)16-14/h3-8,18H,9-10H2,1-2H3. The first-order valence-electron chi connectivity index (χ1n) is 5.88. The van der Waals surface area contributed by atoms with Crippen molar-refractivity contribution in [2.75, 3.05) is 11.9 Å². The maximum Gasteiger partial charge on any atom is 0.147 e. The fourth-order valence-corrected chi connectivity index (χ4v) is 1.78. The highest BCUT2D eigenvalue weighted by Crippen LogP contribution is 2.14. The molecule has 0 radical (unpaired) electrons. The summed E-state index contributed by atoms with van der Waals surface area (Å²) in [6, 6.07) is 8.27. The van der Waals surface area contributed by atoms with Crippen LogP contribution in [0.2, 0.25) is 0 Å². The van der Waals surface area contributed by atoms with Crippen LogP contribution in [0.25, 0.3) is 0 Å². The maximum absolute atomic E-state index is 9.06. The van der Waals surface area contributed by atoms with Crippen LogP contribution >= 0.6 is 0 Å². The van der Waals surface area contributed by atoms with Crippen molar-refractivity contribution in [2.24, 2.45) is 0 Å². The molecule has 1 aromatic heterocycles. The highest BCUT2D eigenvalue weighted by molar-refractivity contribution is 5.38. The largest absolute Gasteiger partial charge is 0.390 e. The summed E-state index contributed by atoms with van der Waals surface area (Å²) in [6.45, 7) is 2.79. The second-order valence-corrected chi connectivity index (χ2v) is 4.31. The van der Waals surface area contributed by atoms with Gasteiger partial charge in [-0.1, -0.05) is 24.3 Å². The van der Waals surface area contributed by atoms with Crippen molar-refractivity contribution in [1.82, 2.24) is 9.97 Å². The summed E-state index contributed by atoms with van der Waals surface area (Å²) in [7, 11) is 1.97. The second-order valence-electron chi connectivity index (χ2n) is 4.31. The predicted molar refractivity (Wildman–Crippen MR) is 71.2 cm³/mol. The van der Waals surface area contributed by atoms with Gasteiger partial charge in [0.2, 0.25) is 0 Å². The summed E-state index contributed by atoms with van der Waals surface area (Å²) in [5.41, 5.74) is 3.11. The fourth-order valence-electron chi connectivity index (χ4n) is 1.78. The molecule has 0 spiro atoms. The van der Waals surface area contributed by atoms with Crippen LogP contribution in [-0.4, -0.2) is 22.1 Å². The Bertz CT molecular complexity index is 528. The van der Waals surface area contributed by atoms with Gasteiger partial charge in [-0.15, -0.1) is 0 Å². The van der Waals surface area contributed by atoms with Crippen LogP contribution < -0.4 is 4.90 Å². The summed E-state index contributed by atoms with van der Waals surface area (Å²) in [5, 5.41) is 9.06. The van der Waals surface area contributed by atoms with E-state index in [-0.39, 0.29) is 6.61 Å². The van der Waals surface area contributed by atoms with Gasteiger partial charge in [-0.3, -0.25) is 4.98 Å². The van der Waals surface area contributed by atoms with Crippen LogP contribution in [0.15, 0.2) is 36.7 Å². The van der Waals surface area contributed by atoms with E-state index in [2.05, 4.69) is 29.0 Å². The first kappa shape index (κ1) is 12.5. The van der Waals surface area contributed by atoms with Crippen molar-refractivity contribution >= 4 is 5.82 Å². The lowest BCUT2D eigenvalue weighted by Gasteiger charge is -2.19.